The van der Waals surface area contributed by atoms with Gasteiger partial charge in [-0.25, -0.2) is 13.5 Å². The van der Waals surface area contributed by atoms with E-state index in [1.807, 2.05) is 13.8 Å². The minimum Gasteiger partial charge on any atom is -0.235 e. The van der Waals surface area contributed by atoms with E-state index < -0.39 is 11.6 Å². The number of nitrogens with zero attached hydrogens (tertiary/aromatic N) is 2. The van der Waals surface area contributed by atoms with E-state index in [1.54, 1.807) is 6.20 Å². The van der Waals surface area contributed by atoms with Gasteiger partial charge in [-0.1, -0.05) is 6.07 Å². The number of hydrogen-bond donors (Lipinski definition) is 0. The van der Waals surface area contributed by atoms with Crippen molar-refractivity contribution in [2.75, 3.05) is 0 Å². The maximum atomic E-state index is 13.4. The summed E-state index contributed by atoms with van der Waals surface area (Å²) in [4.78, 5) is 0. The summed E-state index contributed by atoms with van der Waals surface area (Å²) in [6.45, 7) is 3.68. The van der Waals surface area contributed by atoms with Gasteiger partial charge in [-0.15, -0.1) is 0 Å². The Bertz CT molecular complexity index is 503. The fourth-order valence-electron chi connectivity index (χ4n) is 1.39. The van der Waals surface area contributed by atoms with Gasteiger partial charge in [0.2, 0.25) is 0 Å². The molecule has 0 amide bonds. The van der Waals surface area contributed by atoms with E-state index >= 15 is 0 Å². The van der Waals surface area contributed by atoms with Gasteiger partial charge in [0.25, 0.3) is 0 Å². The van der Waals surface area contributed by atoms with Crippen molar-refractivity contribution in [2.45, 2.75) is 13.8 Å². The van der Waals surface area contributed by atoms with Crippen LogP contribution in [0.25, 0.3) is 5.69 Å². The van der Waals surface area contributed by atoms with E-state index in [0.29, 0.717) is 0 Å². The first-order valence-electron chi connectivity index (χ1n) is 4.57. The van der Waals surface area contributed by atoms with E-state index in [1.165, 1.54) is 16.8 Å². The fraction of sp³-hybridized carbons (Fsp3) is 0.182. The lowest BCUT2D eigenvalue weighted by Gasteiger charge is -2.06. The molecular formula is C11H10F2N2. The van der Waals surface area contributed by atoms with Gasteiger partial charge in [-0.2, -0.15) is 5.10 Å². The van der Waals surface area contributed by atoms with Crippen LogP contribution in [0.1, 0.15) is 11.3 Å². The number of aryl methyl sites for hydroxylation is 1. The lowest BCUT2D eigenvalue weighted by atomic mass is 10.2. The van der Waals surface area contributed by atoms with Crippen molar-refractivity contribution in [3.8, 4) is 5.69 Å². The maximum absolute atomic E-state index is 13.4. The monoisotopic (exact) mass is 208 g/mol. The topological polar surface area (TPSA) is 17.8 Å². The zero-order valence-corrected chi connectivity index (χ0v) is 8.46. The maximum Gasteiger partial charge on any atom is 0.184 e. The molecule has 0 unspecified atom stereocenters. The van der Waals surface area contributed by atoms with E-state index in [-0.39, 0.29) is 5.69 Å². The van der Waals surface area contributed by atoms with Crippen molar-refractivity contribution < 1.29 is 8.78 Å². The molecule has 0 saturated heterocycles. The number of hydrogen-bond acceptors (Lipinski definition) is 1. The largest absolute Gasteiger partial charge is 0.235 e. The Morgan fingerprint density at radius 2 is 1.93 bits per heavy atom. The lowest BCUT2D eigenvalue weighted by Crippen LogP contribution is -2.03. The second-order valence-corrected chi connectivity index (χ2v) is 3.40. The molecule has 0 aliphatic heterocycles. The van der Waals surface area contributed by atoms with Crippen LogP contribution in [0.15, 0.2) is 24.4 Å². The van der Waals surface area contributed by atoms with Gasteiger partial charge in [-0.05, 0) is 31.5 Å². The molecule has 2 nitrogen and oxygen atoms in total. The smallest absolute Gasteiger partial charge is 0.184 e. The third-order valence-corrected chi connectivity index (χ3v) is 2.41. The Labute approximate surface area is 86.2 Å². The summed E-state index contributed by atoms with van der Waals surface area (Å²) >= 11 is 0. The Morgan fingerprint density at radius 3 is 2.53 bits per heavy atom. The molecule has 1 aromatic carbocycles. The highest BCUT2D eigenvalue weighted by Gasteiger charge is 2.12. The van der Waals surface area contributed by atoms with Crippen molar-refractivity contribution in [3.05, 3.63) is 47.3 Å². The van der Waals surface area contributed by atoms with Crippen molar-refractivity contribution in [2.24, 2.45) is 0 Å². The van der Waals surface area contributed by atoms with Crippen LogP contribution in [0.3, 0.4) is 0 Å². The minimum atomic E-state index is -0.872. The zero-order valence-electron chi connectivity index (χ0n) is 8.46. The Kier molecular flexibility index (Phi) is 2.26. The third kappa shape index (κ3) is 1.52. The van der Waals surface area contributed by atoms with E-state index in [0.717, 1.165) is 17.3 Å². The summed E-state index contributed by atoms with van der Waals surface area (Å²) in [7, 11) is 0. The predicted molar refractivity (Wildman–Crippen MR) is 53.0 cm³/mol. The second kappa shape index (κ2) is 3.46. The molecule has 0 radical (unpaired) electrons. The van der Waals surface area contributed by atoms with Crippen LogP contribution in [-0.4, -0.2) is 9.78 Å². The molecule has 0 saturated carbocycles. The van der Waals surface area contributed by atoms with Gasteiger partial charge >= 0.3 is 0 Å². The van der Waals surface area contributed by atoms with Gasteiger partial charge in [0.15, 0.2) is 11.6 Å². The summed E-state index contributed by atoms with van der Waals surface area (Å²) < 4.78 is 27.8. The Morgan fingerprint density at radius 1 is 1.20 bits per heavy atom. The van der Waals surface area contributed by atoms with Crippen molar-refractivity contribution in [3.63, 3.8) is 0 Å². The molecule has 78 valence electrons. The fourth-order valence-corrected chi connectivity index (χ4v) is 1.39. The molecule has 2 rings (SSSR count). The molecule has 15 heavy (non-hydrogen) atoms. The summed E-state index contributed by atoms with van der Waals surface area (Å²) in [5.74, 6) is -1.73. The normalized spacial score (nSPS) is 10.7. The van der Waals surface area contributed by atoms with Gasteiger partial charge in [-0.3, -0.25) is 0 Å². The molecule has 0 N–H and O–H groups in total. The molecule has 1 aromatic heterocycles. The van der Waals surface area contributed by atoms with Crippen LogP contribution in [0.4, 0.5) is 8.78 Å². The van der Waals surface area contributed by atoms with Crippen LogP contribution in [0.2, 0.25) is 0 Å². The Hall–Kier alpha value is -1.71. The molecule has 1 heterocycles. The molecule has 0 aliphatic carbocycles. The molecule has 0 bridgehead atoms. The molecule has 4 heteroatoms. The van der Waals surface area contributed by atoms with Crippen LogP contribution in [0, 0.1) is 25.5 Å². The highest BCUT2D eigenvalue weighted by molar-refractivity contribution is 5.36. The first-order chi connectivity index (χ1) is 7.11. The number of rotatable bonds is 1. The van der Waals surface area contributed by atoms with Crippen molar-refractivity contribution >= 4 is 0 Å². The highest BCUT2D eigenvalue weighted by Crippen LogP contribution is 2.18. The third-order valence-electron chi connectivity index (χ3n) is 2.41. The van der Waals surface area contributed by atoms with Gasteiger partial charge in [0.1, 0.15) is 5.69 Å². The average molecular weight is 208 g/mol. The Balaban J connectivity index is 2.64. The van der Waals surface area contributed by atoms with E-state index in [9.17, 15) is 8.78 Å². The molecule has 2 aromatic rings. The molecule has 0 fully saturated rings. The summed E-state index contributed by atoms with van der Waals surface area (Å²) in [5.41, 5.74) is 1.89. The van der Waals surface area contributed by atoms with Gasteiger partial charge in [0.05, 0.1) is 6.20 Å². The predicted octanol–water partition coefficient (Wildman–Crippen LogP) is 2.77. The number of benzene rings is 1. The summed E-state index contributed by atoms with van der Waals surface area (Å²) in [5, 5.41) is 4.00. The number of aromatic nitrogens is 2. The lowest BCUT2D eigenvalue weighted by molar-refractivity contribution is 0.500. The van der Waals surface area contributed by atoms with Crippen LogP contribution in [-0.2, 0) is 0 Å². The SMILES string of the molecule is Cc1cnn(-c2cccc(F)c2F)c1C. The van der Waals surface area contributed by atoms with Crippen LogP contribution >= 0.6 is 0 Å². The second-order valence-electron chi connectivity index (χ2n) is 3.40. The molecular weight excluding hydrogens is 198 g/mol. The minimum absolute atomic E-state index is 0.139. The summed E-state index contributed by atoms with van der Waals surface area (Å²) in [6.07, 6.45) is 1.62. The van der Waals surface area contributed by atoms with Crippen LogP contribution in [0.5, 0.6) is 0 Å². The quantitative estimate of drug-likeness (QED) is 0.704. The standard InChI is InChI=1S/C11H10F2N2/c1-7-6-14-15(8(7)2)10-5-3-4-9(12)11(10)13/h3-6H,1-2H3. The highest BCUT2D eigenvalue weighted by atomic mass is 19.2. The van der Waals surface area contributed by atoms with Gasteiger partial charge in [0, 0.05) is 5.69 Å². The van der Waals surface area contributed by atoms with Gasteiger partial charge < -0.3 is 0 Å². The van der Waals surface area contributed by atoms with Crippen molar-refractivity contribution in [1.29, 1.82) is 0 Å². The van der Waals surface area contributed by atoms with Crippen LogP contribution < -0.4 is 0 Å². The first-order valence-corrected chi connectivity index (χ1v) is 4.57. The first kappa shape index (κ1) is 9.83. The molecule has 0 atom stereocenters. The summed E-state index contributed by atoms with van der Waals surface area (Å²) in [6, 6.07) is 4.05. The zero-order chi connectivity index (χ0) is 11.0. The molecule has 0 spiro atoms. The van der Waals surface area contributed by atoms with Crippen molar-refractivity contribution in [1.82, 2.24) is 9.78 Å². The van der Waals surface area contributed by atoms with E-state index in [4.69, 9.17) is 0 Å². The van der Waals surface area contributed by atoms with E-state index in [2.05, 4.69) is 5.10 Å². The molecule has 0 aliphatic rings. The number of halogens is 2. The average Bonchev–Trinajstić information content (AvgIpc) is 2.53.